The molecule has 0 heterocycles. The summed E-state index contributed by atoms with van der Waals surface area (Å²) in [5.41, 5.74) is 4.93. The number of hydrogen-bond donors (Lipinski definition) is 2. The number of rotatable bonds is 45. The Balaban J connectivity index is 2.38. The topological polar surface area (TPSA) is 128 Å². The maximum Gasteiger partial charge on any atom is 0.306 e. The summed E-state index contributed by atoms with van der Waals surface area (Å²) in [4.78, 5) is 51.1. The number of nitrogens with one attached hydrogen (secondary N) is 1. The molecular weight excluding hydrogens is 751 g/mol. The predicted octanol–water partition coefficient (Wildman–Crippen LogP) is 13.1. The van der Waals surface area contributed by atoms with E-state index in [-0.39, 0.29) is 35.5 Å². The number of hydrogen-bond acceptors (Lipinski definition) is 9. The molecule has 0 aliphatic heterocycles. The Bertz CT molecular complexity index is 1210. The molecule has 0 aliphatic carbocycles. The van der Waals surface area contributed by atoms with Crippen LogP contribution in [-0.2, 0) is 19.1 Å². The number of carbonyl (C=O) groups excluding carboxylic acids is 2. The molecular formula is C51H95N3O6. The summed E-state index contributed by atoms with van der Waals surface area (Å²) in [5, 5.41) is 3.07. The summed E-state index contributed by atoms with van der Waals surface area (Å²) in [6.07, 6.45) is 39.3. The number of carbonyl (C=O) groups is 2. The number of anilines is 2. The van der Waals surface area contributed by atoms with E-state index in [1.54, 1.807) is 0 Å². The van der Waals surface area contributed by atoms with Gasteiger partial charge in [0, 0.05) is 19.4 Å². The average Bonchev–Trinajstić information content (AvgIpc) is 3.25. The summed E-state index contributed by atoms with van der Waals surface area (Å²) in [7, 11) is 0. The van der Waals surface area contributed by atoms with Crippen molar-refractivity contribution >= 4 is 23.3 Å². The standard InChI is InChI=1S/C51H95N3O6/c1-5-9-12-15-20-27-35-44(8-4)59-46(55)38-30-23-18-25-32-41-54(43-34-40-53-49-48(52)50(57)51(49)58)42-33-26-19-24-31-39-47(56)60-45(36-28-21-16-13-10-6-2)37-29-22-17-14-11-7-3/h44-45,53H,5-43,52H2,1-4H3. The van der Waals surface area contributed by atoms with Gasteiger partial charge < -0.3 is 25.4 Å². The normalized spacial score (nSPS) is 12.2. The second-order valence-corrected chi connectivity index (χ2v) is 17.9. The molecule has 0 amide bonds. The van der Waals surface area contributed by atoms with Crippen molar-refractivity contribution in [2.75, 3.05) is 37.2 Å². The molecule has 350 valence electrons. The molecule has 0 fully saturated rings. The van der Waals surface area contributed by atoms with Crippen LogP contribution < -0.4 is 21.9 Å². The average molecular weight is 846 g/mol. The number of esters is 2. The number of nitrogens with two attached hydrogens (primary N) is 1. The zero-order chi connectivity index (χ0) is 43.9. The van der Waals surface area contributed by atoms with Crippen LogP contribution in [0.3, 0.4) is 0 Å². The van der Waals surface area contributed by atoms with Crippen molar-refractivity contribution in [1.82, 2.24) is 4.90 Å². The lowest BCUT2D eigenvalue weighted by molar-refractivity contribution is -0.150. The van der Waals surface area contributed by atoms with Crippen LogP contribution in [0.2, 0.25) is 0 Å². The lowest BCUT2D eigenvalue weighted by Gasteiger charge is -2.23. The largest absolute Gasteiger partial charge is 0.462 e. The van der Waals surface area contributed by atoms with E-state index in [2.05, 4.69) is 37.9 Å². The van der Waals surface area contributed by atoms with E-state index in [4.69, 9.17) is 15.2 Å². The fourth-order valence-electron chi connectivity index (χ4n) is 8.26. The Kier molecular flexibility index (Phi) is 36.5. The summed E-state index contributed by atoms with van der Waals surface area (Å²) < 4.78 is 11.9. The van der Waals surface area contributed by atoms with Crippen molar-refractivity contribution in [2.45, 2.75) is 265 Å². The van der Waals surface area contributed by atoms with Crippen LogP contribution in [0, 0.1) is 0 Å². The Hall–Kier alpha value is -2.42. The van der Waals surface area contributed by atoms with Crippen LogP contribution in [-0.4, -0.2) is 55.2 Å². The Morgan fingerprint density at radius 1 is 0.483 bits per heavy atom. The molecule has 3 N–H and O–H groups in total. The molecule has 0 spiro atoms. The molecule has 1 atom stereocenters. The maximum absolute atomic E-state index is 12.8. The summed E-state index contributed by atoms with van der Waals surface area (Å²) in [6.45, 7) is 12.4. The molecule has 1 rings (SSSR count). The third kappa shape index (κ3) is 29.8. The van der Waals surface area contributed by atoms with Gasteiger partial charge in [-0.25, -0.2) is 0 Å². The third-order valence-corrected chi connectivity index (χ3v) is 12.3. The van der Waals surface area contributed by atoms with Crippen molar-refractivity contribution in [3.8, 4) is 0 Å². The second kappa shape index (κ2) is 39.4. The van der Waals surface area contributed by atoms with E-state index in [1.807, 2.05) is 0 Å². The highest BCUT2D eigenvalue weighted by Crippen LogP contribution is 2.19. The van der Waals surface area contributed by atoms with Gasteiger partial charge in [-0.1, -0.05) is 163 Å². The van der Waals surface area contributed by atoms with Crippen molar-refractivity contribution in [1.29, 1.82) is 0 Å². The number of ether oxygens (including phenoxy) is 2. The minimum Gasteiger partial charge on any atom is -0.462 e. The summed E-state index contributed by atoms with van der Waals surface area (Å²) >= 11 is 0. The Morgan fingerprint density at radius 3 is 1.28 bits per heavy atom. The molecule has 0 aromatic heterocycles. The van der Waals surface area contributed by atoms with Crippen molar-refractivity contribution in [3.05, 3.63) is 20.4 Å². The predicted molar refractivity (Wildman–Crippen MR) is 255 cm³/mol. The molecule has 0 bridgehead atoms. The molecule has 9 heteroatoms. The van der Waals surface area contributed by atoms with Crippen LogP contribution >= 0.6 is 0 Å². The van der Waals surface area contributed by atoms with E-state index in [1.165, 1.54) is 96.3 Å². The van der Waals surface area contributed by atoms with E-state index in [0.29, 0.717) is 19.4 Å². The Morgan fingerprint density at radius 2 is 0.850 bits per heavy atom. The fourth-order valence-corrected chi connectivity index (χ4v) is 8.26. The molecule has 0 saturated carbocycles. The van der Waals surface area contributed by atoms with Gasteiger partial charge in [0.25, 0.3) is 10.9 Å². The molecule has 1 aromatic carbocycles. The zero-order valence-electron chi connectivity index (χ0n) is 39.7. The second-order valence-electron chi connectivity index (χ2n) is 17.9. The van der Waals surface area contributed by atoms with Gasteiger partial charge in [0.2, 0.25) is 0 Å². The highest BCUT2D eigenvalue weighted by molar-refractivity contribution is 5.71. The minimum atomic E-state index is -0.585. The van der Waals surface area contributed by atoms with Gasteiger partial charge in [0.15, 0.2) is 0 Å². The lowest BCUT2D eigenvalue weighted by Crippen LogP contribution is -2.37. The van der Waals surface area contributed by atoms with Crippen molar-refractivity contribution in [3.63, 3.8) is 0 Å². The van der Waals surface area contributed by atoms with E-state index in [9.17, 15) is 19.2 Å². The highest BCUT2D eigenvalue weighted by atomic mass is 16.5. The number of nitrogens with zero attached hydrogens (tertiary/aromatic N) is 1. The van der Waals surface area contributed by atoms with Gasteiger partial charge in [0.1, 0.15) is 23.6 Å². The third-order valence-electron chi connectivity index (χ3n) is 12.3. The van der Waals surface area contributed by atoms with E-state index in [0.717, 1.165) is 135 Å². The lowest BCUT2D eigenvalue weighted by atomic mass is 10.0. The molecule has 1 aromatic rings. The van der Waals surface area contributed by atoms with Crippen LogP contribution in [0.15, 0.2) is 9.59 Å². The van der Waals surface area contributed by atoms with Gasteiger partial charge in [0.05, 0.1) is 0 Å². The van der Waals surface area contributed by atoms with Gasteiger partial charge >= 0.3 is 11.9 Å². The van der Waals surface area contributed by atoms with E-state index >= 15 is 0 Å². The molecule has 0 aliphatic rings. The zero-order valence-corrected chi connectivity index (χ0v) is 39.7. The number of nitrogen functional groups attached to an aromatic ring is 1. The van der Waals surface area contributed by atoms with Gasteiger partial charge in [-0.2, -0.15) is 0 Å². The van der Waals surface area contributed by atoms with Gasteiger partial charge in [-0.05, 0) is 96.7 Å². The number of unbranched alkanes of at least 4 members (excludes halogenated alkanes) is 23. The van der Waals surface area contributed by atoms with Crippen LogP contribution in [0.5, 0.6) is 0 Å². The first-order valence-corrected chi connectivity index (χ1v) is 25.7. The van der Waals surface area contributed by atoms with Gasteiger partial charge in [-0.15, -0.1) is 0 Å². The minimum absolute atomic E-state index is 0.00824. The smallest absolute Gasteiger partial charge is 0.306 e. The molecule has 9 nitrogen and oxygen atoms in total. The molecule has 1 unspecified atom stereocenters. The molecule has 60 heavy (non-hydrogen) atoms. The first-order chi connectivity index (χ1) is 29.3. The Labute approximate surface area is 368 Å². The molecule has 0 radical (unpaired) electrons. The quantitative estimate of drug-likeness (QED) is 0.0374. The summed E-state index contributed by atoms with van der Waals surface area (Å²) in [5.74, 6) is -0.0459. The van der Waals surface area contributed by atoms with Crippen molar-refractivity contribution in [2.24, 2.45) is 0 Å². The van der Waals surface area contributed by atoms with Crippen molar-refractivity contribution < 1.29 is 19.1 Å². The first kappa shape index (κ1) is 55.6. The van der Waals surface area contributed by atoms with Gasteiger partial charge in [-0.3, -0.25) is 19.2 Å². The van der Waals surface area contributed by atoms with Crippen LogP contribution in [0.1, 0.15) is 252 Å². The van der Waals surface area contributed by atoms with Crippen LogP contribution in [0.25, 0.3) is 0 Å². The monoisotopic (exact) mass is 846 g/mol. The fraction of sp³-hybridized carbons (Fsp3) is 0.882. The maximum atomic E-state index is 12.8. The highest BCUT2D eigenvalue weighted by Gasteiger charge is 2.18. The van der Waals surface area contributed by atoms with Crippen LogP contribution in [0.4, 0.5) is 11.4 Å². The molecule has 0 saturated heterocycles. The SMILES string of the molecule is CCCCCCCCC(CC)OC(=O)CCCCCCCN(CCCCCCCC(=O)OC(CCCCCCCC)CCCCCCCC)CCCNc1c(N)c(=O)c1=O. The first-order valence-electron chi connectivity index (χ1n) is 25.7. The summed E-state index contributed by atoms with van der Waals surface area (Å²) in [6, 6.07) is 0. The van der Waals surface area contributed by atoms with E-state index < -0.39 is 10.9 Å².